The van der Waals surface area contributed by atoms with Gasteiger partial charge < -0.3 is 9.47 Å². The number of ether oxygens (including phenoxy) is 2. The Labute approximate surface area is 141 Å². The van der Waals surface area contributed by atoms with Crippen molar-refractivity contribution in [3.63, 3.8) is 0 Å². The summed E-state index contributed by atoms with van der Waals surface area (Å²) in [7, 11) is 0. The van der Waals surface area contributed by atoms with Gasteiger partial charge in [-0.1, -0.05) is 52.0 Å². The second-order valence-electron chi connectivity index (χ2n) is 7.24. The molecule has 0 saturated heterocycles. The van der Waals surface area contributed by atoms with E-state index in [-0.39, 0.29) is 11.2 Å². The Hall–Kier alpha value is -1.19. The van der Waals surface area contributed by atoms with E-state index in [1.54, 1.807) is 0 Å². The molecule has 0 spiro atoms. The zero-order valence-electron chi connectivity index (χ0n) is 15.2. The SMILES string of the molecule is CCCOCCOCCC(=O)Cc1ccc(CC(C)(C)C)cc1. The average Bonchev–Trinajstić information content (AvgIpc) is 2.47. The lowest BCUT2D eigenvalue weighted by Crippen LogP contribution is -2.11. The molecule has 0 saturated carbocycles. The minimum Gasteiger partial charge on any atom is -0.379 e. The third-order valence-corrected chi connectivity index (χ3v) is 3.40. The minimum atomic E-state index is 0.225. The first-order valence-corrected chi connectivity index (χ1v) is 8.66. The minimum absolute atomic E-state index is 0.225. The Balaban J connectivity index is 2.21. The van der Waals surface area contributed by atoms with Gasteiger partial charge in [-0.25, -0.2) is 0 Å². The van der Waals surface area contributed by atoms with Gasteiger partial charge in [-0.3, -0.25) is 4.79 Å². The molecule has 3 nitrogen and oxygen atoms in total. The van der Waals surface area contributed by atoms with Gasteiger partial charge in [-0.15, -0.1) is 0 Å². The molecule has 1 aromatic carbocycles. The van der Waals surface area contributed by atoms with Crippen LogP contribution in [0.2, 0.25) is 0 Å². The van der Waals surface area contributed by atoms with Gasteiger partial charge in [0.2, 0.25) is 0 Å². The van der Waals surface area contributed by atoms with Crippen LogP contribution in [0.4, 0.5) is 0 Å². The standard InChI is InChI=1S/C20H32O3/c1-5-11-22-13-14-23-12-10-19(21)15-17-6-8-18(9-7-17)16-20(2,3)4/h6-9H,5,10-16H2,1-4H3. The molecular weight excluding hydrogens is 288 g/mol. The molecule has 130 valence electrons. The number of carbonyl (C=O) groups excluding carboxylic acids is 1. The number of hydrogen-bond acceptors (Lipinski definition) is 3. The van der Waals surface area contributed by atoms with Crippen molar-refractivity contribution in [3.8, 4) is 0 Å². The van der Waals surface area contributed by atoms with Gasteiger partial charge in [0.15, 0.2) is 0 Å². The van der Waals surface area contributed by atoms with E-state index >= 15 is 0 Å². The lowest BCUT2D eigenvalue weighted by Gasteiger charge is -2.18. The summed E-state index contributed by atoms with van der Waals surface area (Å²) in [5.74, 6) is 0.225. The van der Waals surface area contributed by atoms with Crippen LogP contribution in [-0.2, 0) is 27.1 Å². The Kier molecular flexibility index (Phi) is 9.12. The lowest BCUT2D eigenvalue weighted by atomic mass is 9.88. The smallest absolute Gasteiger partial charge is 0.139 e. The number of hydrogen-bond donors (Lipinski definition) is 0. The largest absolute Gasteiger partial charge is 0.379 e. The second-order valence-corrected chi connectivity index (χ2v) is 7.24. The number of benzene rings is 1. The molecule has 23 heavy (non-hydrogen) atoms. The number of ketones is 1. The highest BCUT2D eigenvalue weighted by molar-refractivity contribution is 5.80. The zero-order valence-corrected chi connectivity index (χ0v) is 15.2. The topological polar surface area (TPSA) is 35.5 Å². The fraction of sp³-hybridized carbons (Fsp3) is 0.650. The number of carbonyl (C=O) groups is 1. The summed E-state index contributed by atoms with van der Waals surface area (Å²) in [6.45, 7) is 11.2. The van der Waals surface area contributed by atoms with Gasteiger partial charge in [-0.2, -0.15) is 0 Å². The Morgan fingerprint density at radius 3 is 2.04 bits per heavy atom. The predicted octanol–water partition coefficient (Wildman–Crippen LogP) is 4.22. The molecule has 0 N–H and O–H groups in total. The van der Waals surface area contributed by atoms with Crippen LogP contribution in [0, 0.1) is 5.41 Å². The zero-order chi connectivity index (χ0) is 17.1. The molecule has 0 amide bonds. The summed E-state index contributed by atoms with van der Waals surface area (Å²) in [5.41, 5.74) is 2.69. The number of rotatable bonds is 11. The van der Waals surface area contributed by atoms with Crippen LogP contribution >= 0.6 is 0 Å². The highest BCUT2D eigenvalue weighted by Gasteiger charge is 2.11. The highest BCUT2D eigenvalue weighted by Crippen LogP contribution is 2.20. The van der Waals surface area contributed by atoms with Gasteiger partial charge in [0.05, 0.1) is 19.8 Å². The van der Waals surface area contributed by atoms with Crippen LogP contribution in [0.25, 0.3) is 0 Å². The van der Waals surface area contributed by atoms with Crippen LogP contribution in [0.5, 0.6) is 0 Å². The molecule has 0 atom stereocenters. The third kappa shape index (κ3) is 10.2. The van der Waals surface area contributed by atoms with E-state index in [0.717, 1.165) is 25.0 Å². The Morgan fingerprint density at radius 2 is 1.48 bits per heavy atom. The Bertz CT molecular complexity index is 443. The molecule has 0 aliphatic heterocycles. The fourth-order valence-electron chi connectivity index (χ4n) is 2.36. The molecule has 0 heterocycles. The van der Waals surface area contributed by atoms with Crippen molar-refractivity contribution in [3.05, 3.63) is 35.4 Å². The maximum absolute atomic E-state index is 12.0. The molecule has 0 aliphatic rings. The van der Waals surface area contributed by atoms with Gasteiger partial charge in [-0.05, 0) is 29.4 Å². The van der Waals surface area contributed by atoms with E-state index in [9.17, 15) is 4.79 Å². The van der Waals surface area contributed by atoms with E-state index in [4.69, 9.17) is 9.47 Å². The van der Waals surface area contributed by atoms with Crippen molar-refractivity contribution in [1.29, 1.82) is 0 Å². The maximum atomic E-state index is 12.0. The average molecular weight is 320 g/mol. The van der Waals surface area contributed by atoms with Gasteiger partial charge in [0.25, 0.3) is 0 Å². The summed E-state index contributed by atoms with van der Waals surface area (Å²) >= 11 is 0. The molecule has 0 aliphatic carbocycles. The molecule has 1 aromatic rings. The number of Topliss-reactive ketones (excluding diaryl/α,β-unsaturated/α-hetero) is 1. The summed E-state index contributed by atoms with van der Waals surface area (Å²) in [5, 5.41) is 0. The van der Waals surface area contributed by atoms with E-state index < -0.39 is 0 Å². The fourth-order valence-corrected chi connectivity index (χ4v) is 2.36. The van der Waals surface area contributed by atoms with Crippen LogP contribution in [0.3, 0.4) is 0 Å². The van der Waals surface area contributed by atoms with Crippen molar-refractivity contribution >= 4 is 5.78 Å². The van der Waals surface area contributed by atoms with E-state index in [1.165, 1.54) is 5.56 Å². The lowest BCUT2D eigenvalue weighted by molar-refractivity contribution is -0.119. The quantitative estimate of drug-likeness (QED) is 0.573. The predicted molar refractivity (Wildman–Crippen MR) is 94.9 cm³/mol. The van der Waals surface area contributed by atoms with E-state index in [2.05, 4.69) is 52.0 Å². The van der Waals surface area contributed by atoms with E-state index in [0.29, 0.717) is 32.7 Å². The van der Waals surface area contributed by atoms with Crippen LogP contribution in [0.15, 0.2) is 24.3 Å². The van der Waals surface area contributed by atoms with Crippen molar-refractivity contribution in [2.45, 2.75) is 53.4 Å². The Morgan fingerprint density at radius 1 is 0.913 bits per heavy atom. The van der Waals surface area contributed by atoms with Crippen molar-refractivity contribution in [2.75, 3.05) is 26.4 Å². The monoisotopic (exact) mass is 320 g/mol. The molecule has 0 unspecified atom stereocenters. The molecule has 0 bridgehead atoms. The first-order valence-electron chi connectivity index (χ1n) is 8.66. The van der Waals surface area contributed by atoms with E-state index in [1.807, 2.05) is 0 Å². The molecule has 0 fully saturated rings. The summed E-state index contributed by atoms with van der Waals surface area (Å²) in [6.07, 6.45) is 3.03. The first-order chi connectivity index (χ1) is 10.9. The van der Waals surface area contributed by atoms with Crippen LogP contribution in [-0.4, -0.2) is 32.2 Å². The summed E-state index contributed by atoms with van der Waals surface area (Å²) in [6, 6.07) is 8.40. The molecule has 3 heteroatoms. The molecule has 0 aromatic heterocycles. The van der Waals surface area contributed by atoms with Crippen LogP contribution in [0.1, 0.15) is 51.7 Å². The van der Waals surface area contributed by atoms with Crippen molar-refractivity contribution in [1.82, 2.24) is 0 Å². The van der Waals surface area contributed by atoms with Crippen LogP contribution < -0.4 is 0 Å². The molecular formula is C20H32O3. The summed E-state index contributed by atoms with van der Waals surface area (Å²) in [4.78, 5) is 12.0. The molecule has 0 radical (unpaired) electrons. The normalized spacial score (nSPS) is 11.7. The first kappa shape index (κ1) is 19.9. The highest BCUT2D eigenvalue weighted by atomic mass is 16.5. The third-order valence-electron chi connectivity index (χ3n) is 3.40. The van der Waals surface area contributed by atoms with Crippen molar-refractivity contribution in [2.24, 2.45) is 5.41 Å². The second kappa shape index (κ2) is 10.6. The maximum Gasteiger partial charge on any atom is 0.139 e. The summed E-state index contributed by atoms with van der Waals surface area (Å²) < 4.78 is 10.7. The van der Waals surface area contributed by atoms with Crippen molar-refractivity contribution < 1.29 is 14.3 Å². The van der Waals surface area contributed by atoms with Gasteiger partial charge in [0.1, 0.15) is 5.78 Å². The van der Waals surface area contributed by atoms with Gasteiger partial charge in [0, 0.05) is 19.4 Å². The van der Waals surface area contributed by atoms with Gasteiger partial charge >= 0.3 is 0 Å². The molecule has 1 rings (SSSR count).